The molecule has 0 N–H and O–H groups in total. The maximum Gasteiger partial charge on any atom is 0.289 e. The van der Waals surface area contributed by atoms with E-state index in [-0.39, 0.29) is 19.4 Å². The molecule has 26 heavy (non-hydrogen) atoms. The smallest absolute Gasteiger partial charge is 0.258 e. The lowest BCUT2D eigenvalue weighted by atomic mass is 10.3. The molecule has 2 aromatic rings. The van der Waals surface area contributed by atoms with E-state index in [2.05, 4.69) is 0 Å². The third-order valence-electron chi connectivity index (χ3n) is 3.30. The van der Waals surface area contributed by atoms with E-state index in [1.54, 1.807) is 0 Å². The molecule has 12 heteroatoms. The molecule has 0 spiro atoms. The van der Waals surface area contributed by atoms with Gasteiger partial charge in [0.15, 0.2) is 0 Å². The Hall–Kier alpha value is -1.88. The summed E-state index contributed by atoms with van der Waals surface area (Å²) in [5.74, 6) is -0.535. The number of anilines is 1. The van der Waals surface area contributed by atoms with Crippen LogP contribution in [0, 0.1) is 10.1 Å². The molecular formula is C14H12Cl2N2O6S2. The van der Waals surface area contributed by atoms with Crippen molar-refractivity contribution in [3.05, 3.63) is 62.6 Å². The van der Waals surface area contributed by atoms with Crippen LogP contribution in [-0.4, -0.2) is 27.5 Å². The second-order valence-electron chi connectivity index (χ2n) is 4.92. The van der Waals surface area contributed by atoms with Crippen molar-refractivity contribution >= 4 is 54.6 Å². The molecule has 140 valence electrons. The van der Waals surface area contributed by atoms with Crippen LogP contribution in [-0.2, 0) is 20.0 Å². The van der Waals surface area contributed by atoms with Crippen LogP contribution in [0.4, 0.5) is 11.4 Å². The van der Waals surface area contributed by atoms with Gasteiger partial charge in [0.2, 0.25) is 10.0 Å². The first kappa shape index (κ1) is 20.4. The van der Waals surface area contributed by atoms with E-state index in [1.807, 2.05) is 0 Å². The third kappa shape index (κ3) is 3.78. The molecule has 0 saturated carbocycles. The first-order chi connectivity index (χ1) is 12.0. The minimum absolute atomic E-state index is 0.114. The van der Waals surface area contributed by atoms with Crippen LogP contribution in [0.15, 0.2) is 47.4 Å². The molecule has 2 aromatic carbocycles. The summed E-state index contributed by atoms with van der Waals surface area (Å²) < 4.78 is 51.1. The number of sulfonamides is 2. The fraction of sp³-hybridized carbons (Fsp3) is 0.143. The van der Waals surface area contributed by atoms with Gasteiger partial charge in [-0.3, -0.25) is 10.1 Å². The van der Waals surface area contributed by atoms with Gasteiger partial charge in [-0.1, -0.05) is 35.3 Å². The van der Waals surface area contributed by atoms with Gasteiger partial charge in [0.05, 0.1) is 26.3 Å². The van der Waals surface area contributed by atoms with E-state index in [4.69, 9.17) is 23.2 Å². The van der Waals surface area contributed by atoms with Gasteiger partial charge in [-0.15, -0.1) is 0 Å². The van der Waals surface area contributed by atoms with Crippen LogP contribution in [0.5, 0.6) is 0 Å². The normalized spacial score (nSPS) is 12.0. The summed E-state index contributed by atoms with van der Waals surface area (Å²) in [4.78, 5) is 9.55. The van der Waals surface area contributed by atoms with Crippen molar-refractivity contribution in [2.24, 2.45) is 0 Å². The molecule has 0 fully saturated rings. The zero-order chi connectivity index (χ0) is 19.7. The standard InChI is InChI=1S/C14H12Cl2N2O6S2/c1-2-25(21,22)18(13-6-4-3-5-11(13)15)26(23,24)10-7-8-12(16)14(9-10)17(19)20/h3-9H,2H2,1H3. The minimum atomic E-state index is -4.72. The van der Waals surface area contributed by atoms with Gasteiger partial charge in [-0.25, -0.2) is 16.8 Å². The van der Waals surface area contributed by atoms with Crippen molar-refractivity contribution in [1.29, 1.82) is 0 Å². The SMILES string of the molecule is CCS(=O)(=O)N(c1ccccc1Cl)S(=O)(=O)c1ccc(Cl)c([N+](=O)[O-])c1. The predicted molar refractivity (Wildman–Crippen MR) is 98.7 cm³/mol. The number of hydrogen-bond acceptors (Lipinski definition) is 6. The molecule has 0 heterocycles. The largest absolute Gasteiger partial charge is 0.289 e. The average Bonchev–Trinajstić information content (AvgIpc) is 2.56. The summed E-state index contributed by atoms with van der Waals surface area (Å²) in [6, 6.07) is 8.16. The maximum atomic E-state index is 13.0. The van der Waals surface area contributed by atoms with Crippen LogP contribution < -0.4 is 3.71 Å². The maximum absolute atomic E-state index is 13.0. The number of nitro groups is 1. The Balaban J connectivity index is 2.79. The molecule has 0 bridgehead atoms. The van der Waals surface area contributed by atoms with Crippen molar-refractivity contribution < 1.29 is 21.8 Å². The highest BCUT2D eigenvalue weighted by Crippen LogP contribution is 2.35. The van der Waals surface area contributed by atoms with E-state index >= 15 is 0 Å². The third-order valence-corrected chi connectivity index (χ3v) is 8.12. The molecule has 0 aliphatic heterocycles. The number of nitro benzene ring substituents is 1. The molecule has 0 atom stereocenters. The van der Waals surface area contributed by atoms with Crippen molar-refractivity contribution in [2.45, 2.75) is 11.8 Å². The average molecular weight is 439 g/mol. The van der Waals surface area contributed by atoms with E-state index in [0.29, 0.717) is 6.07 Å². The fourth-order valence-electron chi connectivity index (χ4n) is 2.03. The summed E-state index contributed by atoms with van der Waals surface area (Å²) in [5.41, 5.74) is -0.950. The fourth-order valence-corrected chi connectivity index (χ4v) is 6.12. The lowest BCUT2D eigenvalue weighted by molar-refractivity contribution is -0.384. The van der Waals surface area contributed by atoms with Crippen LogP contribution in [0.25, 0.3) is 0 Å². The first-order valence-electron chi connectivity index (χ1n) is 6.99. The van der Waals surface area contributed by atoms with Crippen LogP contribution in [0.1, 0.15) is 6.92 Å². The highest BCUT2D eigenvalue weighted by Gasteiger charge is 2.36. The highest BCUT2D eigenvalue weighted by atomic mass is 35.5. The van der Waals surface area contributed by atoms with Crippen molar-refractivity contribution in [3.63, 3.8) is 0 Å². The summed E-state index contributed by atoms with van der Waals surface area (Å²) in [6.07, 6.45) is 0. The predicted octanol–water partition coefficient (Wildman–Crippen LogP) is 3.45. The molecular weight excluding hydrogens is 427 g/mol. The van der Waals surface area contributed by atoms with E-state index in [0.717, 1.165) is 12.1 Å². The quantitative estimate of drug-likeness (QED) is 0.503. The Morgan fingerprint density at radius 1 is 1.04 bits per heavy atom. The topological polar surface area (TPSA) is 115 Å². The monoisotopic (exact) mass is 438 g/mol. The molecule has 0 amide bonds. The zero-order valence-corrected chi connectivity index (χ0v) is 16.3. The van der Waals surface area contributed by atoms with Crippen molar-refractivity contribution in [2.75, 3.05) is 9.46 Å². The number of benzene rings is 2. The number of para-hydroxylation sites is 1. The highest BCUT2D eigenvalue weighted by molar-refractivity contribution is 8.10. The Labute approximate surface area is 160 Å². The second kappa shape index (κ2) is 7.39. The van der Waals surface area contributed by atoms with E-state index < -0.39 is 41.3 Å². The number of rotatable bonds is 6. The Kier molecular flexibility index (Phi) is 5.81. The molecule has 0 aliphatic carbocycles. The number of halogens is 2. The number of nitrogens with zero attached hydrogens (tertiary/aromatic N) is 2. The zero-order valence-electron chi connectivity index (χ0n) is 13.2. The summed E-state index contributed by atoms with van der Waals surface area (Å²) >= 11 is 11.7. The summed E-state index contributed by atoms with van der Waals surface area (Å²) in [7, 11) is -9.05. The lowest BCUT2D eigenvalue weighted by Crippen LogP contribution is -2.38. The van der Waals surface area contributed by atoms with Gasteiger partial charge < -0.3 is 0 Å². The first-order valence-corrected chi connectivity index (χ1v) is 10.8. The molecule has 0 aliphatic rings. The van der Waals surface area contributed by atoms with Gasteiger partial charge in [-0.05, 0) is 31.2 Å². The van der Waals surface area contributed by atoms with Crippen molar-refractivity contribution in [3.8, 4) is 0 Å². The summed E-state index contributed by atoms with van der Waals surface area (Å²) in [5, 5.41) is 10.6. The summed E-state index contributed by atoms with van der Waals surface area (Å²) in [6.45, 7) is 1.26. The van der Waals surface area contributed by atoms with Gasteiger partial charge in [0, 0.05) is 6.07 Å². The molecule has 0 aromatic heterocycles. The molecule has 0 saturated heterocycles. The minimum Gasteiger partial charge on any atom is -0.258 e. The van der Waals surface area contributed by atoms with Crippen LogP contribution in [0.3, 0.4) is 0 Å². The van der Waals surface area contributed by atoms with Gasteiger partial charge in [0.25, 0.3) is 15.7 Å². The van der Waals surface area contributed by atoms with Gasteiger partial charge >= 0.3 is 0 Å². The van der Waals surface area contributed by atoms with Gasteiger partial charge in [0.1, 0.15) is 5.02 Å². The van der Waals surface area contributed by atoms with Crippen molar-refractivity contribution in [1.82, 2.24) is 0 Å². The number of hydrogen-bond donors (Lipinski definition) is 0. The molecule has 0 unspecified atom stereocenters. The van der Waals surface area contributed by atoms with Crippen LogP contribution in [0.2, 0.25) is 10.0 Å². The second-order valence-corrected chi connectivity index (χ2v) is 9.86. The lowest BCUT2D eigenvalue weighted by Gasteiger charge is -2.24. The van der Waals surface area contributed by atoms with Crippen LogP contribution >= 0.6 is 23.2 Å². The molecule has 2 rings (SSSR count). The van der Waals surface area contributed by atoms with E-state index in [1.165, 1.54) is 31.2 Å². The molecule has 8 nitrogen and oxygen atoms in total. The Bertz CT molecular complexity index is 1070. The van der Waals surface area contributed by atoms with E-state index in [9.17, 15) is 26.9 Å². The van der Waals surface area contributed by atoms with Gasteiger partial charge in [-0.2, -0.15) is 3.71 Å². The Morgan fingerprint density at radius 3 is 2.19 bits per heavy atom. The molecule has 0 radical (unpaired) electrons. The Morgan fingerprint density at radius 2 is 1.65 bits per heavy atom.